The van der Waals surface area contributed by atoms with Crippen molar-refractivity contribution in [3.8, 4) is 0 Å². The first kappa shape index (κ1) is 15.1. The highest BCUT2D eigenvalue weighted by atomic mass is 127. The van der Waals surface area contributed by atoms with E-state index < -0.39 is 0 Å². The minimum atomic E-state index is 0.0404. The monoisotopic (exact) mass is 392 g/mol. The van der Waals surface area contributed by atoms with Gasteiger partial charge >= 0.3 is 0 Å². The van der Waals surface area contributed by atoms with Gasteiger partial charge in [-0.05, 0) is 67.2 Å². The first-order valence-electron chi connectivity index (χ1n) is 6.40. The average Bonchev–Trinajstić information content (AvgIpc) is 2.77. The van der Waals surface area contributed by atoms with Gasteiger partial charge in [0.15, 0.2) is 0 Å². The molecule has 1 fully saturated rings. The number of amides is 1. The molecule has 1 atom stereocenters. The Hall–Kier alpha value is -0.330. The molecule has 3 nitrogen and oxygen atoms in total. The summed E-state index contributed by atoms with van der Waals surface area (Å²) in [5.74, 6) is 0.0404. The van der Waals surface area contributed by atoms with E-state index >= 15 is 0 Å². The molecule has 0 aromatic heterocycles. The summed E-state index contributed by atoms with van der Waals surface area (Å²) in [6.45, 7) is 1.90. The number of hydrogen-bond acceptors (Lipinski definition) is 2. The summed E-state index contributed by atoms with van der Waals surface area (Å²) < 4.78 is 0.967. The van der Waals surface area contributed by atoms with Crippen LogP contribution < -0.4 is 0 Å². The second kappa shape index (κ2) is 6.41. The third kappa shape index (κ3) is 3.61. The molecule has 1 aliphatic rings. The number of hydrogen-bond donors (Lipinski definition) is 0. The van der Waals surface area contributed by atoms with Gasteiger partial charge in [0.25, 0.3) is 5.91 Å². The summed E-state index contributed by atoms with van der Waals surface area (Å²) in [4.78, 5) is 16.5. The lowest BCUT2D eigenvalue weighted by Crippen LogP contribution is -2.39. The number of rotatable bonds is 3. The van der Waals surface area contributed by atoms with E-state index in [-0.39, 0.29) is 5.91 Å². The fourth-order valence-electron chi connectivity index (χ4n) is 2.46. The zero-order valence-electron chi connectivity index (χ0n) is 11.2. The largest absolute Gasteiger partial charge is 0.340 e. The van der Waals surface area contributed by atoms with Crippen LogP contribution in [0.15, 0.2) is 18.2 Å². The highest BCUT2D eigenvalue weighted by Crippen LogP contribution is 2.21. The molecule has 104 valence electrons. The second-order valence-corrected chi connectivity index (χ2v) is 6.66. The molecule has 0 N–H and O–H groups in total. The van der Waals surface area contributed by atoms with Crippen LogP contribution in [-0.2, 0) is 0 Å². The predicted molar refractivity (Wildman–Crippen MR) is 86.8 cm³/mol. The topological polar surface area (TPSA) is 23.6 Å². The maximum Gasteiger partial charge on any atom is 0.253 e. The van der Waals surface area contributed by atoms with Crippen LogP contribution in [0, 0.1) is 3.57 Å². The molecule has 1 aromatic carbocycles. The van der Waals surface area contributed by atoms with Gasteiger partial charge in [-0.1, -0.05) is 11.6 Å². The third-order valence-corrected chi connectivity index (χ3v) is 5.24. The summed E-state index contributed by atoms with van der Waals surface area (Å²) >= 11 is 8.23. The van der Waals surface area contributed by atoms with Crippen LogP contribution in [0.2, 0.25) is 5.02 Å². The molecular weight excluding hydrogens is 375 g/mol. The Morgan fingerprint density at radius 3 is 2.89 bits per heavy atom. The average molecular weight is 393 g/mol. The van der Waals surface area contributed by atoms with E-state index in [9.17, 15) is 4.79 Å². The lowest BCUT2D eigenvalue weighted by Gasteiger charge is -2.26. The van der Waals surface area contributed by atoms with Crippen LogP contribution in [0.5, 0.6) is 0 Å². The molecule has 1 amide bonds. The van der Waals surface area contributed by atoms with Gasteiger partial charge in [0, 0.05) is 28.8 Å². The van der Waals surface area contributed by atoms with Crippen LogP contribution in [0.4, 0.5) is 0 Å². The van der Waals surface area contributed by atoms with Gasteiger partial charge in [-0.3, -0.25) is 4.79 Å². The van der Waals surface area contributed by atoms with E-state index in [4.69, 9.17) is 11.6 Å². The van der Waals surface area contributed by atoms with Crippen LogP contribution in [-0.4, -0.2) is 48.9 Å². The maximum absolute atomic E-state index is 12.3. The predicted octanol–water partition coefficient (Wildman–Crippen LogP) is 3.11. The van der Waals surface area contributed by atoms with E-state index in [0.29, 0.717) is 16.6 Å². The fraction of sp³-hybridized carbons (Fsp3) is 0.500. The van der Waals surface area contributed by atoms with Crippen molar-refractivity contribution in [2.24, 2.45) is 0 Å². The highest BCUT2D eigenvalue weighted by Gasteiger charge is 2.24. The molecule has 1 saturated heterocycles. The van der Waals surface area contributed by atoms with Crippen LogP contribution in [0.3, 0.4) is 0 Å². The van der Waals surface area contributed by atoms with Gasteiger partial charge in [-0.15, -0.1) is 0 Å². The Kier molecular flexibility index (Phi) is 5.09. The number of nitrogens with zero attached hydrogens (tertiary/aromatic N) is 2. The summed E-state index contributed by atoms with van der Waals surface area (Å²) in [6.07, 6.45) is 2.39. The van der Waals surface area contributed by atoms with E-state index in [1.807, 2.05) is 19.2 Å². The molecule has 1 heterocycles. The van der Waals surface area contributed by atoms with Gasteiger partial charge in [0.05, 0.1) is 5.02 Å². The number of likely N-dealkylation sites (N-methyl/N-ethyl adjacent to an activating group) is 2. The third-order valence-electron chi connectivity index (χ3n) is 3.67. The van der Waals surface area contributed by atoms with Gasteiger partial charge in [0.2, 0.25) is 0 Å². The first-order valence-corrected chi connectivity index (χ1v) is 7.85. The lowest BCUT2D eigenvalue weighted by atomic mass is 10.1. The Morgan fingerprint density at radius 2 is 2.32 bits per heavy atom. The van der Waals surface area contributed by atoms with Crippen molar-refractivity contribution in [3.05, 3.63) is 32.4 Å². The van der Waals surface area contributed by atoms with Gasteiger partial charge in [0.1, 0.15) is 0 Å². The normalized spacial score (nSPS) is 19.7. The number of halogens is 2. The van der Waals surface area contributed by atoms with Crippen molar-refractivity contribution < 1.29 is 4.79 Å². The van der Waals surface area contributed by atoms with Crippen LogP contribution >= 0.6 is 34.2 Å². The van der Waals surface area contributed by atoms with Crippen molar-refractivity contribution in [1.82, 2.24) is 9.80 Å². The minimum Gasteiger partial charge on any atom is -0.340 e. The van der Waals surface area contributed by atoms with E-state index in [0.717, 1.165) is 16.7 Å². The molecule has 0 spiro atoms. The Bertz CT molecular complexity index is 481. The molecule has 1 aromatic rings. The van der Waals surface area contributed by atoms with Crippen molar-refractivity contribution >= 4 is 40.1 Å². The number of carbonyl (C=O) groups excluding carboxylic acids is 1. The molecule has 5 heteroatoms. The Morgan fingerprint density at radius 1 is 1.58 bits per heavy atom. The Balaban J connectivity index is 2.03. The SMILES string of the molecule is CN(CC1CCCN1C)C(=O)c1ccc(I)c(Cl)c1. The first-order chi connectivity index (χ1) is 8.99. The standard InChI is InChI=1S/C14H18ClIN2O/c1-17-7-3-4-11(17)9-18(2)14(19)10-5-6-13(16)12(15)8-10/h5-6,8,11H,3-4,7,9H2,1-2H3. The van der Waals surface area contributed by atoms with E-state index in [1.165, 1.54) is 12.8 Å². The molecule has 1 unspecified atom stereocenters. The van der Waals surface area contributed by atoms with Crippen molar-refractivity contribution in [2.45, 2.75) is 18.9 Å². The number of benzene rings is 1. The molecule has 0 aliphatic carbocycles. The molecule has 2 rings (SSSR count). The van der Waals surface area contributed by atoms with Gasteiger partial charge in [-0.25, -0.2) is 0 Å². The van der Waals surface area contributed by atoms with Gasteiger partial charge < -0.3 is 9.80 Å². The van der Waals surface area contributed by atoms with Crippen molar-refractivity contribution in [1.29, 1.82) is 0 Å². The summed E-state index contributed by atoms with van der Waals surface area (Å²) in [6, 6.07) is 5.95. The maximum atomic E-state index is 12.3. The molecular formula is C14H18ClIN2O. The zero-order valence-corrected chi connectivity index (χ0v) is 14.1. The Labute approximate surface area is 133 Å². The molecule has 0 radical (unpaired) electrons. The molecule has 0 bridgehead atoms. The smallest absolute Gasteiger partial charge is 0.253 e. The van der Waals surface area contributed by atoms with Crippen molar-refractivity contribution in [3.63, 3.8) is 0 Å². The van der Waals surface area contributed by atoms with Crippen molar-refractivity contribution in [2.75, 3.05) is 27.2 Å². The fourth-order valence-corrected chi connectivity index (χ4v) is 2.97. The molecule has 19 heavy (non-hydrogen) atoms. The van der Waals surface area contributed by atoms with Crippen LogP contribution in [0.25, 0.3) is 0 Å². The summed E-state index contributed by atoms with van der Waals surface area (Å²) in [5, 5.41) is 0.637. The second-order valence-electron chi connectivity index (χ2n) is 5.09. The highest BCUT2D eigenvalue weighted by molar-refractivity contribution is 14.1. The zero-order chi connectivity index (χ0) is 14.0. The molecule has 0 saturated carbocycles. The quantitative estimate of drug-likeness (QED) is 0.738. The number of likely N-dealkylation sites (tertiary alicyclic amines) is 1. The van der Waals surface area contributed by atoms with E-state index in [1.54, 1.807) is 11.0 Å². The summed E-state index contributed by atoms with van der Waals surface area (Å²) in [5.41, 5.74) is 0.661. The van der Waals surface area contributed by atoms with Gasteiger partial charge in [-0.2, -0.15) is 0 Å². The van der Waals surface area contributed by atoms with E-state index in [2.05, 4.69) is 34.5 Å². The molecule has 1 aliphatic heterocycles. The van der Waals surface area contributed by atoms with Crippen LogP contribution in [0.1, 0.15) is 23.2 Å². The number of carbonyl (C=O) groups is 1. The lowest BCUT2D eigenvalue weighted by molar-refractivity contribution is 0.0761. The minimum absolute atomic E-state index is 0.0404. The summed E-state index contributed by atoms with van der Waals surface area (Å²) in [7, 11) is 3.98.